The Morgan fingerprint density at radius 2 is 1.89 bits per heavy atom. The first-order valence-corrected chi connectivity index (χ1v) is 9.69. The quantitative estimate of drug-likeness (QED) is 0.608. The summed E-state index contributed by atoms with van der Waals surface area (Å²) < 4.78 is 5.38. The average Bonchev–Trinajstić information content (AvgIpc) is 2.67. The Balaban J connectivity index is 1.83. The van der Waals surface area contributed by atoms with E-state index in [1.165, 1.54) is 0 Å². The van der Waals surface area contributed by atoms with Gasteiger partial charge in [0.1, 0.15) is 0 Å². The Bertz CT molecular complexity index is 574. The van der Waals surface area contributed by atoms with Gasteiger partial charge in [0.15, 0.2) is 0 Å². The van der Waals surface area contributed by atoms with E-state index >= 15 is 0 Å². The number of hydrogen-bond donors (Lipinski definition) is 2. The lowest BCUT2D eigenvalue weighted by Crippen LogP contribution is -2.54. The Kier molecular flexibility index (Phi) is 9.07. The first-order valence-electron chi connectivity index (χ1n) is 9.69. The molecule has 0 saturated carbocycles. The topological polar surface area (TPSA) is 82.1 Å². The molecule has 2 amide bonds. The summed E-state index contributed by atoms with van der Waals surface area (Å²) in [5, 5.41) is 12.0. The number of urea groups is 1. The number of carbonyl (C=O) groups excluding carboxylic acids is 1. The average molecular weight is 377 g/mol. The minimum absolute atomic E-state index is 0.0446. The number of ether oxygens (including phenoxy) is 1. The smallest absolute Gasteiger partial charge is 0.317 e. The lowest BCUT2D eigenvalue weighted by Gasteiger charge is -2.35. The summed E-state index contributed by atoms with van der Waals surface area (Å²) in [6.45, 7) is 7.33. The Hall–Kier alpha value is -2.12. The van der Waals surface area contributed by atoms with Gasteiger partial charge in [-0.15, -0.1) is 0 Å². The van der Waals surface area contributed by atoms with E-state index in [0.29, 0.717) is 25.9 Å². The molecular formula is C20H31N3O4. The van der Waals surface area contributed by atoms with Crippen molar-refractivity contribution in [2.24, 2.45) is 0 Å². The maximum atomic E-state index is 12.6. The van der Waals surface area contributed by atoms with E-state index in [9.17, 15) is 9.59 Å². The molecule has 0 bridgehead atoms. The van der Waals surface area contributed by atoms with Crippen molar-refractivity contribution >= 4 is 12.0 Å². The van der Waals surface area contributed by atoms with Crippen LogP contribution in [0.25, 0.3) is 0 Å². The van der Waals surface area contributed by atoms with Crippen molar-refractivity contribution in [1.82, 2.24) is 15.1 Å². The van der Waals surface area contributed by atoms with Crippen LogP contribution in [0.3, 0.4) is 0 Å². The number of amides is 2. The Labute approximate surface area is 161 Å². The molecule has 150 valence electrons. The maximum Gasteiger partial charge on any atom is 0.317 e. The van der Waals surface area contributed by atoms with Crippen molar-refractivity contribution in [3.8, 4) is 0 Å². The molecule has 1 aromatic carbocycles. The summed E-state index contributed by atoms with van der Waals surface area (Å²) in [5.74, 6) is -0.842. The third-order valence-corrected chi connectivity index (χ3v) is 4.77. The van der Waals surface area contributed by atoms with Crippen LogP contribution in [-0.4, -0.2) is 78.9 Å². The molecule has 0 aliphatic carbocycles. The molecule has 1 aliphatic rings. The number of nitrogens with one attached hydrogen (secondary N) is 1. The summed E-state index contributed by atoms with van der Waals surface area (Å²) in [5.41, 5.74) is 1.09. The first-order chi connectivity index (χ1) is 13.1. The molecule has 7 nitrogen and oxygen atoms in total. The van der Waals surface area contributed by atoms with Gasteiger partial charge in [0.25, 0.3) is 0 Å². The van der Waals surface area contributed by atoms with Gasteiger partial charge in [-0.05, 0) is 25.3 Å². The standard InChI is InChI=1S/C20H31N3O4/c1-2-27-15-14-22-10-12-23(13-11-22)20(26)21-18(8-9-19(24)25)16-17-6-4-3-5-7-17/h3-7,18H,2,8-16H2,1H3,(H,21,26)(H,24,25). The van der Waals surface area contributed by atoms with E-state index in [0.717, 1.165) is 38.4 Å². The van der Waals surface area contributed by atoms with Crippen LogP contribution in [0.15, 0.2) is 30.3 Å². The highest BCUT2D eigenvalue weighted by atomic mass is 16.5. The molecule has 1 unspecified atom stereocenters. The van der Waals surface area contributed by atoms with Gasteiger partial charge >= 0.3 is 12.0 Å². The van der Waals surface area contributed by atoms with Gasteiger partial charge in [-0.1, -0.05) is 30.3 Å². The van der Waals surface area contributed by atoms with E-state index in [4.69, 9.17) is 9.84 Å². The molecule has 1 aliphatic heterocycles. The Morgan fingerprint density at radius 3 is 2.52 bits per heavy atom. The summed E-state index contributed by atoms with van der Waals surface area (Å²) in [4.78, 5) is 27.7. The molecule has 1 aromatic rings. The summed E-state index contributed by atoms with van der Waals surface area (Å²) in [6.07, 6.45) is 1.10. The Morgan fingerprint density at radius 1 is 1.19 bits per heavy atom. The minimum atomic E-state index is -0.842. The predicted octanol–water partition coefficient (Wildman–Crippen LogP) is 1.83. The second-order valence-electron chi connectivity index (χ2n) is 6.79. The van der Waals surface area contributed by atoms with Gasteiger partial charge in [-0.25, -0.2) is 4.79 Å². The lowest BCUT2D eigenvalue weighted by atomic mass is 10.0. The van der Waals surface area contributed by atoms with Crippen LogP contribution in [0.2, 0.25) is 0 Å². The number of benzene rings is 1. The van der Waals surface area contributed by atoms with Crippen molar-refractivity contribution in [3.63, 3.8) is 0 Å². The normalized spacial score (nSPS) is 16.1. The molecule has 2 rings (SSSR count). The number of rotatable bonds is 10. The fraction of sp³-hybridized carbons (Fsp3) is 0.600. The SMILES string of the molecule is CCOCCN1CCN(C(=O)NC(CCC(=O)O)Cc2ccccc2)CC1. The van der Waals surface area contributed by atoms with E-state index in [2.05, 4.69) is 10.2 Å². The number of piperazine rings is 1. The zero-order valence-electron chi connectivity index (χ0n) is 16.1. The molecule has 7 heteroatoms. The fourth-order valence-corrected chi connectivity index (χ4v) is 3.20. The van der Waals surface area contributed by atoms with Gasteiger partial charge in [-0.2, -0.15) is 0 Å². The molecule has 1 fully saturated rings. The largest absolute Gasteiger partial charge is 0.481 e. The first kappa shape index (κ1) is 21.2. The second kappa shape index (κ2) is 11.6. The minimum Gasteiger partial charge on any atom is -0.481 e. The van der Waals surface area contributed by atoms with E-state index in [1.807, 2.05) is 42.2 Å². The molecule has 1 saturated heterocycles. The summed E-state index contributed by atoms with van der Waals surface area (Å²) in [7, 11) is 0. The second-order valence-corrected chi connectivity index (χ2v) is 6.79. The summed E-state index contributed by atoms with van der Waals surface area (Å²) >= 11 is 0. The van der Waals surface area contributed by atoms with Crippen molar-refractivity contribution in [2.75, 3.05) is 45.9 Å². The van der Waals surface area contributed by atoms with Gasteiger partial charge in [0.05, 0.1) is 6.61 Å². The highest BCUT2D eigenvalue weighted by Gasteiger charge is 2.23. The predicted molar refractivity (Wildman–Crippen MR) is 104 cm³/mol. The van der Waals surface area contributed by atoms with Crippen molar-refractivity contribution < 1.29 is 19.4 Å². The third-order valence-electron chi connectivity index (χ3n) is 4.77. The number of carboxylic acid groups (broad SMARTS) is 1. The lowest BCUT2D eigenvalue weighted by molar-refractivity contribution is -0.137. The zero-order chi connectivity index (χ0) is 19.5. The monoisotopic (exact) mass is 377 g/mol. The number of hydrogen-bond acceptors (Lipinski definition) is 4. The van der Waals surface area contributed by atoms with E-state index in [-0.39, 0.29) is 18.5 Å². The van der Waals surface area contributed by atoms with Crippen LogP contribution >= 0.6 is 0 Å². The third kappa shape index (κ3) is 7.97. The molecular weight excluding hydrogens is 346 g/mol. The van der Waals surface area contributed by atoms with Crippen LogP contribution in [-0.2, 0) is 16.0 Å². The van der Waals surface area contributed by atoms with Crippen molar-refractivity contribution in [1.29, 1.82) is 0 Å². The molecule has 1 atom stereocenters. The highest BCUT2D eigenvalue weighted by Crippen LogP contribution is 2.10. The fourth-order valence-electron chi connectivity index (χ4n) is 3.20. The van der Waals surface area contributed by atoms with Crippen LogP contribution in [0.5, 0.6) is 0 Å². The van der Waals surface area contributed by atoms with Crippen molar-refractivity contribution in [3.05, 3.63) is 35.9 Å². The molecule has 2 N–H and O–H groups in total. The van der Waals surface area contributed by atoms with Gasteiger partial charge < -0.3 is 20.1 Å². The van der Waals surface area contributed by atoms with Crippen molar-refractivity contribution in [2.45, 2.75) is 32.2 Å². The van der Waals surface area contributed by atoms with Crippen LogP contribution in [0, 0.1) is 0 Å². The van der Waals surface area contributed by atoms with Crippen LogP contribution in [0.4, 0.5) is 4.79 Å². The van der Waals surface area contributed by atoms with Crippen LogP contribution < -0.4 is 5.32 Å². The zero-order valence-corrected chi connectivity index (χ0v) is 16.1. The highest BCUT2D eigenvalue weighted by molar-refractivity contribution is 5.75. The van der Waals surface area contributed by atoms with Crippen LogP contribution in [0.1, 0.15) is 25.3 Å². The number of aliphatic carboxylic acids is 1. The molecule has 0 spiro atoms. The molecule has 1 heterocycles. The van der Waals surface area contributed by atoms with Gasteiger partial charge in [0.2, 0.25) is 0 Å². The van der Waals surface area contributed by atoms with Gasteiger partial charge in [-0.3, -0.25) is 9.69 Å². The summed E-state index contributed by atoms with van der Waals surface area (Å²) in [6, 6.07) is 9.55. The molecule has 27 heavy (non-hydrogen) atoms. The van der Waals surface area contributed by atoms with E-state index < -0.39 is 5.97 Å². The number of carbonyl (C=O) groups is 2. The number of nitrogens with zero attached hydrogens (tertiary/aromatic N) is 2. The molecule has 0 aromatic heterocycles. The van der Waals surface area contributed by atoms with Gasteiger partial charge in [0, 0.05) is 51.8 Å². The maximum absolute atomic E-state index is 12.6. The van der Waals surface area contributed by atoms with E-state index in [1.54, 1.807) is 0 Å². The molecule has 0 radical (unpaired) electrons. The number of carboxylic acids is 1.